The second kappa shape index (κ2) is 10.1. The second-order valence-electron chi connectivity index (χ2n) is 8.00. The quantitative estimate of drug-likeness (QED) is 0.639. The number of carbonyl (C=O) groups is 1. The molecule has 0 aliphatic carbocycles. The molecular weight excluding hydrogens is 386 g/mol. The van der Waals surface area contributed by atoms with Gasteiger partial charge in [-0.1, -0.05) is 60.7 Å². The van der Waals surface area contributed by atoms with Gasteiger partial charge in [0.25, 0.3) is 0 Å². The summed E-state index contributed by atoms with van der Waals surface area (Å²) in [5.74, 6) is 0.440. The van der Waals surface area contributed by atoms with Gasteiger partial charge in [0.05, 0.1) is 6.54 Å². The first kappa shape index (κ1) is 20.9. The molecule has 0 radical (unpaired) electrons. The fourth-order valence-electron chi connectivity index (χ4n) is 3.96. The van der Waals surface area contributed by atoms with Crippen LogP contribution in [0.5, 0.6) is 5.75 Å². The Labute approximate surface area is 184 Å². The van der Waals surface area contributed by atoms with Crippen molar-refractivity contribution in [3.05, 3.63) is 96.1 Å². The van der Waals surface area contributed by atoms with E-state index in [1.165, 1.54) is 0 Å². The van der Waals surface area contributed by atoms with Crippen LogP contribution in [0.4, 0.5) is 5.69 Å². The van der Waals surface area contributed by atoms with E-state index in [1.54, 1.807) is 12.1 Å². The van der Waals surface area contributed by atoms with Crippen molar-refractivity contribution in [2.75, 3.05) is 37.6 Å². The molecule has 160 valence electrons. The molecule has 5 heteroatoms. The first-order valence-electron chi connectivity index (χ1n) is 10.8. The number of anilines is 1. The van der Waals surface area contributed by atoms with Gasteiger partial charge in [0.1, 0.15) is 5.75 Å². The molecule has 3 aromatic carbocycles. The van der Waals surface area contributed by atoms with E-state index in [0.717, 1.165) is 43.0 Å². The summed E-state index contributed by atoms with van der Waals surface area (Å²) in [6.45, 7) is 5.09. The number of phenolic OH excluding ortho intramolecular Hbond substituents is 1. The third-order valence-electron chi connectivity index (χ3n) is 5.73. The number of piperazine rings is 1. The van der Waals surface area contributed by atoms with Crippen molar-refractivity contribution in [3.8, 4) is 5.75 Å². The minimum Gasteiger partial charge on any atom is -0.508 e. The molecule has 1 fully saturated rings. The van der Waals surface area contributed by atoms with Crippen LogP contribution in [0.15, 0.2) is 84.9 Å². The van der Waals surface area contributed by atoms with Crippen LogP contribution >= 0.6 is 0 Å². The summed E-state index contributed by atoms with van der Waals surface area (Å²) in [6, 6.07) is 27.7. The van der Waals surface area contributed by atoms with Gasteiger partial charge in [-0.3, -0.25) is 9.69 Å². The van der Waals surface area contributed by atoms with E-state index in [4.69, 9.17) is 0 Å². The Bertz CT molecular complexity index is 911. The molecule has 1 N–H and O–H groups in total. The predicted molar refractivity (Wildman–Crippen MR) is 124 cm³/mol. The van der Waals surface area contributed by atoms with E-state index in [0.29, 0.717) is 19.6 Å². The highest BCUT2D eigenvalue weighted by Crippen LogP contribution is 2.20. The highest BCUT2D eigenvalue weighted by atomic mass is 16.3. The second-order valence-corrected chi connectivity index (χ2v) is 8.00. The highest BCUT2D eigenvalue weighted by molar-refractivity contribution is 5.78. The SMILES string of the molecule is O=C(CN1CCN(c2ccc(O)cc2)CC1)N(Cc1ccccc1)Cc1ccccc1. The Hall–Kier alpha value is -3.31. The molecule has 1 amide bonds. The zero-order valence-corrected chi connectivity index (χ0v) is 17.7. The molecule has 0 atom stereocenters. The molecular formula is C26H29N3O2. The lowest BCUT2D eigenvalue weighted by Crippen LogP contribution is -2.50. The molecule has 31 heavy (non-hydrogen) atoms. The number of rotatable bonds is 7. The number of aromatic hydroxyl groups is 1. The van der Waals surface area contributed by atoms with Crippen LogP contribution < -0.4 is 4.90 Å². The van der Waals surface area contributed by atoms with Crippen LogP contribution in [0.3, 0.4) is 0 Å². The summed E-state index contributed by atoms with van der Waals surface area (Å²) in [7, 11) is 0. The molecule has 0 unspecified atom stereocenters. The number of hydrogen-bond acceptors (Lipinski definition) is 4. The van der Waals surface area contributed by atoms with Crippen molar-refractivity contribution < 1.29 is 9.90 Å². The molecule has 5 nitrogen and oxygen atoms in total. The van der Waals surface area contributed by atoms with Crippen LogP contribution in [0.1, 0.15) is 11.1 Å². The topological polar surface area (TPSA) is 47.0 Å². The fraction of sp³-hybridized carbons (Fsp3) is 0.269. The summed E-state index contributed by atoms with van der Waals surface area (Å²) in [5, 5.41) is 9.49. The molecule has 0 spiro atoms. The molecule has 1 heterocycles. The summed E-state index contributed by atoms with van der Waals surface area (Å²) < 4.78 is 0. The normalized spacial score (nSPS) is 14.4. The summed E-state index contributed by atoms with van der Waals surface area (Å²) in [6.07, 6.45) is 0. The van der Waals surface area contributed by atoms with E-state index >= 15 is 0 Å². The lowest BCUT2D eigenvalue weighted by atomic mass is 10.1. The Morgan fingerprint density at radius 3 is 1.77 bits per heavy atom. The van der Waals surface area contributed by atoms with Gasteiger partial charge in [-0.05, 0) is 35.4 Å². The molecule has 4 rings (SSSR count). The van der Waals surface area contributed by atoms with Crippen molar-refractivity contribution >= 4 is 11.6 Å². The Balaban J connectivity index is 1.37. The maximum absolute atomic E-state index is 13.3. The van der Waals surface area contributed by atoms with Gasteiger partial charge in [0.2, 0.25) is 5.91 Å². The predicted octanol–water partition coefficient (Wildman–Crippen LogP) is 3.74. The molecule has 3 aromatic rings. The number of phenols is 1. The van der Waals surface area contributed by atoms with Gasteiger partial charge in [0, 0.05) is 45.0 Å². The van der Waals surface area contributed by atoms with Crippen molar-refractivity contribution in [2.45, 2.75) is 13.1 Å². The molecule has 1 saturated heterocycles. The molecule has 0 bridgehead atoms. The van der Waals surface area contributed by atoms with Crippen molar-refractivity contribution in [3.63, 3.8) is 0 Å². The third kappa shape index (κ3) is 5.86. The molecule has 1 aliphatic rings. The Kier molecular flexibility index (Phi) is 6.85. The summed E-state index contributed by atoms with van der Waals surface area (Å²) >= 11 is 0. The third-order valence-corrected chi connectivity index (χ3v) is 5.73. The lowest BCUT2D eigenvalue weighted by molar-refractivity contribution is -0.133. The van der Waals surface area contributed by atoms with Gasteiger partial charge in [-0.2, -0.15) is 0 Å². The van der Waals surface area contributed by atoms with Crippen LogP contribution in [0.25, 0.3) is 0 Å². The van der Waals surface area contributed by atoms with Crippen molar-refractivity contribution in [1.29, 1.82) is 0 Å². The van der Waals surface area contributed by atoms with E-state index in [1.807, 2.05) is 53.4 Å². The number of hydrogen-bond donors (Lipinski definition) is 1. The van der Waals surface area contributed by atoms with Crippen LogP contribution in [-0.4, -0.2) is 53.5 Å². The molecule has 0 aromatic heterocycles. The van der Waals surface area contributed by atoms with E-state index in [9.17, 15) is 9.90 Å². The van der Waals surface area contributed by atoms with Crippen LogP contribution in [-0.2, 0) is 17.9 Å². The number of amides is 1. The van der Waals surface area contributed by atoms with Gasteiger partial charge >= 0.3 is 0 Å². The zero-order chi connectivity index (χ0) is 21.5. The van der Waals surface area contributed by atoms with Gasteiger partial charge in [-0.25, -0.2) is 0 Å². The lowest BCUT2D eigenvalue weighted by Gasteiger charge is -2.36. The fourth-order valence-corrected chi connectivity index (χ4v) is 3.96. The van der Waals surface area contributed by atoms with Crippen LogP contribution in [0.2, 0.25) is 0 Å². The maximum Gasteiger partial charge on any atom is 0.237 e. The Morgan fingerprint density at radius 1 is 0.742 bits per heavy atom. The summed E-state index contributed by atoms with van der Waals surface area (Å²) in [5.41, 5.74) is 3.39. The largest absolute Gasteiger partial charge is 0.508 e. The highest BCUT2D eigenvalue weighted by Gasteiger charge is 2.22. The first-order valence-corrected chi connectivity index (χ1v) is 10.8. The van der Waals surface area contributed by atoms with Crippen LogP contribution in [0, 0.1) is 0 Å². The number of nitrogens with zero attached hydrogens (tertiary/aromatic N) is 3. The monoisotopic (exact) mass is 415 g/mol. The maximum atomic E-state index is 13.3. The standard InChI is InChI=1S/C26H29N3O2/c30-25-13-11-24(12-14-25)28-17-15-27(16-18-28)21-26(31)29(19-22-7-3-1-4-8-22)20-23-9-5-2-6-10-23/h1-14,30H,15-21H2. The van der Waals surface area contributed by atoms with E-state index in [-0.39, 0.29) is 11.7 Å². The molecule has 1 aliphatic heterocycles. The molecule has 0 saturated carbocycles. The minimum atomic E-state index is 0.158. The zero-order valence-electron chi connectivity index (χ0n) is 17.7. The first-order chi connectivity index (χ1) is 15.2. The van der Waals surface area contributed by atoms with Gasteiger partial charge < -0.3 is 14.9 Å². The van der Waals surface area contributed by atoms with Crippen molar-refractivity contribution in [1.82, 2.24) is 9.80 Å². The van der Waals surface area contributed by atoms with E-state index < -0.39 is 0 Å². The van der Waals surface area contributed by atoms with Crippen molar-refractivity contribution in [2.24, 2.45) is 0 Å². The van der Waals surface area contributed by atoms with Gasteiger partial charge in [0.15, 0.2) is 0 Å². The van der Waals surface area contributed by atoms with E-state index in [2.05, 4.69) is 34.1 Å². The number of benzene rings is 3. The Morgan fingerprint density at radius 2 is 1.26 bits per heavy atom. The summed E-state index contributed by atoms with van der Waals surface area (Å²) in [4.78, 5) is 19.7. The average Bonchev–Trinajstić information content (AvgIpc) is 2.81. The minimum absolute atomic E-state index is 0.158. The van der Waals surface area contributed by atoms with Gasteiger partial charge in [-0.15, -0.1) is 0 Å². The smallest absolute Gasteiger partial charge is 0.237 e. The number of carbonyl (C=O) groups excluding carboxylic acids is 1. The average molecular weight is 416 g/mol.